The molecule has 1 unspecified atom stereocenters. The molecule has 0 saturated carbocycles. The molecule has 0 radical (unpaired) electrons. The summed E-state index contributed by atoms with van der Waals surface area (Å²) >= 11 is 1.21. The summed E-state index contributed by atoms with van der Waals surface area (Å²) in [6, 6.07) is 0. The van der Waals surface area contributed by atoms with Gasteiger partial charge >= 0.3 is 0 Å². The number of amides is 1. The highest BCUT2D eigenvalue weighted by Gasteiger charge is 2.05. The Bertz CT molecular complexity index is 431. The lowest BCUT2D eigenvalue weighted by Gasteiger charge is -1.98. The number of thioether (sulfide) groups is 1. The van der Waals surface area contributed by atoms with E-state index in [1.165, 1.54) is 23.1 Å². The minimum atomic E-state index is -0.392. The highest BCUT2D eigenvalue weighted by Crippen LogP contribution is 2.09. The lowest BCUT2D eigenvalue weighted by atomic mass is 10.5. The van der Waals surface area contributed by atoms with E-state index in [1.807, 2.05) is 5.73 Å². The van der Waals surface area contributed by atoms with Gasteiger partial charge in [0.1, 0.15) is 0 Å². The molecule has 0 saturated heterocycles. The molecule has 3 nitrogen and oxygen atoms in total. The smallest absolute Gasteiger partial charge is 0.230 e. The molecular weight excluding hydrogens is 198 g/mol. The van der Waals surface area contributed by atoms with E-state index < -0.39 is 5.91 Å². The maximum Gasteiger partial charge on any atom is 0.230 e. The summed E-state index contributed by atoms with van der Waals surface area (Å²) in [5, 5.41) is 1.22. The quantitative estimate of drug-likeness (QED) is 0.545. The van der Waals surface area contributed by atoms with Crippen molar-refractivity contribution in [3.05, 3.63) is 34.1 Å². The molecule has 2 N–H and O–H groups in total. The van der Waals surface area contributed by atoms with Crippen LogP contribution >= 0.6 is 11.8 Å². The average molecular weight is 205 g/mol. The summed E-state index contributed by atoms with van der Waals surface area (Å²) in [4.78, 5) is 20.2. The van der Waals surface area contributed by atoms with Crippen LogP contribution in [0.25, 0.3) is 0 Å². The fourth-order valence-corrected chi connectivity index (χ4v) is 0.822. The second kappa shape index (κ2) is 7.80. The summed E-state index contributed by atoms with van der Waals surface area (Å²) in [6.07, 6.45) is 0. The van der Waals surface area contributed by atoms with Crippen LogP contribution in [0.15, 0.2) is 34.1 Å². The Balaban J connectivity index is 4.48. The topological polar surface area (TPSA) is 60.2 Å². The third-order valence-electron chi connectivity index (χ3n) is 1.04. The Morgan fingerprint density at radius 3 is 2.57 bits per heavy atom. The molecule has 0 aromatic carbocycles. The summed E-state index contributed by atoms with van der Waals surface area (Å²) < 4.78 is 0. The first-order valence-corrected chi connectivity index (χ1v) is 4.52. The van der Waals surface area contributed by atoms with Crippen molar-refractivity contribution in [2.45, 2.75) is 12.2 Å². The minimum absolute atomic E-state index is 0.307. The van der Waals surface area contributed by atoms with Crippen molar-refractivity contribution >= 4 is 23.6 Å². The van der Waals surface area contributed by atoms with Gasteiger partial charge in [0, 0.05) is 16.9 Å². The summed E-state index contributed by atoms with van der Waals surface area (Å²) in [6.45, 7) is 1.68. The summed E-state index contributed by atoms with van der Waals surface area (Å²) in [7, 11) is 0. The van der Waals surface area contributed by atoms with Crippen molar-refractivity contribution in [3.63, 3.8) is 0 Å². The van der Waals surface area contributed by atoms with Crippen LogP contribution in [-0.2, 0) is 9.59 Å². The van der Waals surface area contributed by atoms with E-state index in [9.17, 15) is 9.59 Å². The fraction of sp³-hybridized carbons (Fsp3) is 0.200. The van der Waals surface area contributed by atoms with Crippen LogP contribution in [0.2, 0.25) is 0 Å². The van der Waals surface area contributed by atoms with Crippen LogP contribution in [0, 0.1) is 0 Å². The van der Waals surface area contributed by atoms with Crippen LogP contribution in [0.1, 0.15) is 6.92 Å². The Kier molecular flexibility index (Phi) is 6.78. The lowest BCUT2D eigenvalue weighted by molar-refractivity contribution is -0.117. The molecule has 0 fully saturated rings. The van der Waals surface area contributed by atoms with Crippen LogP contribution < -0.4 is 5.73 Å². The number of carbonyl (C=O) groups excluding carboxylic acids is 2. The third-order valence-corrected chi connectivity index (χ3v) is 1.94. The zero-order chi connectivity index (χ0) is 10.8. The maximum absolute atomic E-state index is 10.6. The van der Waals surface area contributed by atoms with E-state index in [0.29, 0.717) is 0 Å². The van der Waals surface area contributed by atoms with Gasteiger partial charge in [-0.25, -0.2) is 4.79 Å². The monoisotopic (exact) mass is 205 g/mol. The summed E-state index contributed by atoms with van der Waals surface area (Å²) in [5.74, 6) is 0.982. The Morgan fingerprint density at radius 1 is 1.36 bits per heavy atom. The average Bonchev–Trinajstić information content (AvgIpc) is 2.16. The van der Waals surface area contributed by atoms with Gasteiger partial charge in [-0.05, 0) is 18.4 Å². The number of nitrogens with two attached hydrogens (primary N) is 1. The molecule has 1 atom stereocenters. The van der Waals surface area contributed by atoms with Gasteiger partial charge in [-0.1, -0.05) is 5.73 Å². The van der Waals surface area contributed by atoms with E-state index in [0.717, 1.165) is 0 Å². The van der Waals surface area contributed by atoms with Crippen LogP contribution in [-0.4, -0.2) is 17.1 Å². The summed E-state index contributed by atoms with van der Waals surface area (Å²) in [5.41, 5.74) is 16.6. The lowest BCUT2D eigenvalue weighted by Crippen LogP contribution is -2.21. The highest BCUT2D eigenvalue weighted by molar-refractivity contribution is 8.03. The molecule has 70 valence electrons. The highest BCUT2D eigenvalue weighted by atomic mass is 32.2. The van der Waals surface area contributed by atoms with Crippen molar-refractivity contribution < 1.29 is 9.59 Å². The number of hydrogen-bond acceptors (Lipinski definition) is 3. The number of hydrogen-bond donors (Lipinski definition) is 1. The van der Waals surface area contributed by atoms with Gasteiger partial charge in [-0.15, -0.1) is 11.8 Å². The van der Waals surface area contributed by atoms with E-state index in [4.69, 9.17) is 5.73 Å². The van der Waals surface area contributed by atoms with Crippen LogP contribution in [0.5, 0.6) is 0 Å². The normalized spacial score (nSPS) is 8.93. The molecule has 4 heteroatoms. The number of carbonyl (C=O) groups is 1. The van der Waals surface area contributed by atoms with Gasteiger partial charge in [0.25, 0.3) is 0 Å². The molecule has 1 amide bonds. The van der Waals surface area contributed by atoms with Crippen molar-refractivity contribution in [2.24, 2.45) is 5.73 Å². The van der Waals surface area contributed by atoms with Gasteiger partial charge in [-0.2, -0.15) is 0 Å². The van der Waals surface area contributed by atoms with E-state index in [2.05, 4.69) is 22.9 Å². The van der Waals surface area contributed by atoms with E-state index >= 15 is 0 Å². The Morgan fingerprint density at radius 2 is 2.00 bits per heavy atom. The van der Waals surface area contributed by atoms with E-state index in [1.54, 1.807) is 6.92 Å². The molecular formula is C10H7NO2S. The van der Waals surface area contributed by atoms with Crippen molar-refractivity contribution in [1.29, 1.82) is 0 Å². The maximum atomic E-state index is 10.6. The van der Waals surface area contributed by atoms with Gasteiger partial charge in [0.05, 0.1) is 5.25 Å². The fourth-order valence-electron chi connectivity index (χ4n) is 0.357. The first kappa shape index (κ1) is 12.2. The standard InChI is InChI=1S/C10H7NO2S/c1-9(10(11)13)14-8-6-4-2-3-5-7-12/h8-9H,1H3,(H2,11,13). The molecule has 14 heavy (non-hydrogen) atoms. The SMILES string of the molecule is CC(SC=C=C=C=C=C=C=O)C(N)=O. The molecule has 0 aliphatic rings. The van der Waals surface area contributed by atoms with Crippen LogP contribution in [0.3, 0.4) is 0 Å². The first-order valence-electron chi connectivity index (χ1n) is 3.57. The zero-order valence-electron chi connectivity index (χ0n) is 7.46. The minimum Gasteiger partial charge on any atom is -0.369 e. The van der Waals surface area contributed by atoms with Crippen LogP contribution in [0.4, 0.5) is 0 Å². The predicted octanol–water partition coefficient (Wildman–Crippen LogP) is 0.714. The van der Waals surface area contributed by atoms with Crippen molar-refractivity contribution in [1.82, 2.24) is 0 Å². The second-order valence-electron chi connectivity index (χ2n) is 2.04. The largest absolute Gasteiger partial charge is 0.369 e. The van der Waals surface area contributed by atoms with E-state index in [-0.39, 0.29) is 5.25 Å². The van der Waals surface area contributed by atoms with Crippen molar-refractivity contribution in [2.75, 3.05) is 0 Å². The molecule has 0 aromatic rings. The Hall–Kier alpha value is -1.83. The molecule has 0 aliphatic carbocycles. The molecule has 0 heterocycles. The number of primary amides is 1. The van der Waals surface area contributed by atoms with Gasteiger partial charge in [0.2, 0.25) is 5.91 Å². The third kappa shape index (κ3) is 6.85. The van der Waals surface area contributed by atoms with Gasteiger partial charge in [0.15, 0.2) is 5.94 Å². The molecule has 0 spiro atoms. The van der Waals surface area contributed by atoms with Gasteiger partial charge < -0.3 is 5.73 Å². The number of rotatable bonds is 3. The molecule has 0 rings (SSSR count). The van der Waals surface area contributed by atoms with Crippen molar-refractivity contribution in [3.8, 4) is 0 Å². The first-order chi connectivity index (χ1) is 6.68. The predicted molar refractivity (Wildman–Crippen MR) is 54.1 cm³/mol. The van der Waals surface area contributed by atoms with Gasteiger partial charge in [-0.3, -0.25) is 4.79 Å². The molecule has 0 bridgehead atoms. The zero-order valence-corrected chi connectivity index (χ0v) is 8.27. The second-order valence-corrected chi connectivity index (χ2v) is 3.26. The Labute approximate surface area is 85.7 Å². The molecule has 0 aromatic heterocycles. The molecule has 0 aliphatic heterocycles.